The number of benzene rings is 1. The van der Waals surface area contributed by atoms with Gasteiger partial charge in [-0.05, 0) is 38.0 Å². The summed E-state index contributed by atoms with van der Waals surface area (Å²) in [6, 6.07) is 8.71. The Bertz CT molecular complexity index is 366. The number of hydrogen-bond acceptors (Lipinski definition) is 3. The summed E-state index contributed by atoms with van der Waals surface area (Å²) in [5.74, 6) is -0.441. The monoisotopic (exact) mass is 235 g/mol. The molecule has 2 rings (SSSR count). The summed E-state index contributed by atoms with van der Waals surface area (Å²) in [6.07, 6.45) is 1.06. The second-order valence-electron chi connectivity index (χ2n) is 4.92. The minimum absolute atomic E-state index is 0.232. The molecule has 0 amide bonds. The second-order valence-corrected chi connectivity index (χ2v) is 4.92. The Balaban J connectivity index is 1.93. The van der Waals surface area contributed by atoms with E-state index in [9.17, 15) is 0 Å². The average Bonchev–Trinajstić information content (AvgIpc) is 2.32. The Labute approximate surface area is 103 Å². The molecule has 0 atom stereocenters. The highest BCUT2D eigenvalue weighted by Crippen LogP contribution is 2.20. The van der Waals surface area contributed by atoms with Crippen LogP contribution in [-0.2, 0) is 15.9 Å². The average molecular weight is 235 g/mol. The lowest BCUT2D eigenvalue weighted by atomic mass is 10.1. The molecule has 1 N–H and O–H groups in total. The number of nitrogens with one attached hydrogen (secondary N) is 1. The van der Waals surface area contributed by atoms with Crippen molar-refractivity contribution >= 4 is 5.69 Å². The molecule has 1 aliphatic heterocycles. The van der Waals surface area contributed by atoms with Crippen LogP contribution in [0.2, 0.25) is 0 Å². The molecule has 3 nitrogen and oxygen atoms in total. The fourth-order valence-corrected chi connectivity index (χ4v) is 1.89. The van der Waals surface area contributed by atoms with Gasteiger partial charge in [-0.15, -0.1) is 0 Å². The fraction of sp³-hybridized carbons (Fsp3) is 0.571. The van der Waals surface area contributed by atoms with E-state index in [1.54, 1.807) is 0 Å². The summed E-state index contributed by atoms with van der Waals surface area (Å²) in [5, 5.41) is 3.44. The van der Waals surface area contributed by atoms with E-state index >= 15 is 0 Å². The second kappa shape index (κ2) is 5.07. The first kappa shape index (κ1) is 12.4. The van der Waals surface area contributed by atoms with Crippen LogP contribution in [-0.4, -0.2) is 25.0 Å². The smallest absolute Gasteiger partial charge is 0.162 e. The molecule has 0 saturated carbocycles. The van der Waals surface area contributed by atoms with Crippen molar-refractivity contribution in [3.8, 4) is 0 Å². The van der Waals surface area contributed by atoms with Crippen LogP contribution < -0.4 is 5.32 Å². The Morgan fingerprint density at radius 3 is 2.65 bits per heavy atom. The lowest BCUT2D eigenvalue weighted by Crippen LogP contribution is -2.45. The summed E-state index contributed by atoms with van der Waals surface area (Å²) >= 11 is 0. The van der Waals surface area contributed by atoms with Crippen molar-refractivity contribution in [3.63, 3.8) is 0 Å². The maximum Gasteiger partial charge on any atom is 0.162 e. The van der Waals surface area contributed by atoms with Crippen LogP contribution in [0.1, 0.15) is 26.3 Å². The van der Waals surface area contributed by atoms with Crippen molar-refractivity contribution in [2.75, 3.05) is 18.5 Å². The van der Waals surface area contributed by atoms with E-state index in [2.05, 4.69) is 36.5 Å². The summed E-state index contributed by atoms with van der Waals surface area (Å²) in [4.78, 5) is 0. The molecule has 3 heteroatoms. The van der Waals surface area contributed by atoms with Gasteiger partial charge in [0, 0.05) is 5.69 Å². The van der Waals surface area contributed by atoms with Crippen molar-refractivity contribution in [1.29, 1.82) is 0 Å². The van der Waals surface area contributed by atoms with E-state index in [0.717, 1.165) is 12.1 Å². The zero-order valence-electron chi connectivity index (χ0n) is 10.8. The first-order chi connectivity index (χ1) is 8.09. The Morgan fingerprint density at radius 2 is 2.00 bits per heavy atom. The van der Waals surface area contributed by atoms with Crippen LogP contribution in [0.5, 0.6) is 0 Å². The van der Waals surface area contributed by atoms with Gasteiger partial charge < -0.3 is 14.8 Å². The standard InChI is InChI=1S/C14H21NO2/c1-4-11-6-5-7-12(8-11)15-13-9-16-14(2,3)17-10-13/h5-8,13,15H,4,9-10H2,1-3H3. The molecule has 1 aliphatic rings. The van der Waals surface area contributed by atoms with Crippen molar-refractivity contribution < 1.29 is 9.47 Å². The van der Waals surface area contributed by atoms with Crippen molar-refractivity contribution in [2.24, 2.45) is 0 Å². The van der Waals surface area contributed by atoms with Crippen molar-refractivity contribution in [2.45, 2.75) is 39.0 Å². The third kappa shape index (κ3) is 3.45. The molecule has 17 heavy (non-hydrogen) atoms. The highest BCUT2D eigenvalue weighted by molar-refractivity contribution is 5.46. The van der Waals surface area contributed by atoms with Crippen LogP contribution >= 0.6 is 0 Å². The van der Waals surface area contributed by atoms with Crippen LogP contribution in [0.4, 0.5) is 5.69 Å². The molecule has 0 bridgehead atoms. The first-order valence-electron chi connectivity index (χ1n) is 6.22. The highest BCUT2D eigenvalue weighted by Gasteiger charge is 2.28. The molecular formula is C14H21NO2. The van der Waals surface area contributed by atoms with E-state index in [0.29, 0.717) is 13.2 Å². The number of rotatable bonds is 3. The topological polar surface area (TPSA) is 30.5 Å². The van der Waals surface area contributed by atoms with Gasteiger partial charge in [0.05, 0.1) is 19.3 Å². The Morgan fingerprint density at radius 1 is 1.29 bits per heavy atom. The largest absolute Gasteiger partial charge is 0.378 e. The van der Waals surface area contributed by atoms with Crippen LogP contribution in [0, 0.1) is 0 Å². The van der Waals surface area contributed by atoms with Crippen LogP contribution in [0.15, 0.2) is 24.3 Å². The molecule has 1 fully saturated rings. The minimum Gasteiger partial charge on any atom is -0.378 e. The Hall–Kier alpha value is -1.06. The minimum atomic E-state index is -0.441. The fourth-order valence-electron chi connectivity index (χ4n) is 1.89. The zero-order chi connectivity index (χ0) is 12.3. The molecule has 94 valence electrons. The highest BCUT2D eigenvalue weighted by atomic mass is 16.7. The van der Waals surface area contributed by atoms with E-state index in [1.165, 1.54) is 5.56 Å². The zero-order valence-corrected chi connectivity index (χ0v) is 10.8. The van der Waals surface area contributed by atoms with Gasteiger partial charge in [0.1, 0.15) is 0 Å². The maximum absolute atomic E-state index is 5.62. The third-order valence-electron chi connectivity index (χ3n) is 2.97. The summed E-state index contributed by atoms with van der Waals surface area (Å²) in [7, 11) is 0. The van der Waals surface area contributed by atoms with Gasteiger partial charge >= 0.3 is 0 Å². The number of hydrogen-bond donors (Lipinski definition) is 1. The molecule has 0 aromatic heterocycles. The quantitative estimate of drug-likeness (QED) is 0.874. The molecule has 1 aromatic rings. The van der Waals surface area contributed by atoms with E-state index in [1.807, 2.05) is 13.8 Å². The van der Waals surface area contributed by atoms with Gasteiger partial charge in [-0.1, -0.05) is 19.1 Å². The lowest BCUT2D eigenvalue weighted by Gasteiger charge is -2.35. The van der Waals surface area contributed by atoms with E-state index in [4.69, 9.17) is 9.47 Å². The molecule has 1 heterocycles. The van der Waals surface area contributed by atoms with Crippen LogP contribution in [0.3, 0.4) is 0 Å². The predicted octanol–water partition coefficient (Wildman–Crippen LogP) is 2.81. The maximum atomic E-state index is 5.62. The number of ether oxygens (including phenoxy) is 2. The van der Waals surface area contributed by atoms with Crippen molar-refractivity contribution in [3.05, 3.63) is 29.8 Å². The molecule has 0 spiro atoms. The molecule has 0 unspecified atom stereocenters. The van der Waals surface area contributed by atoms with E-state index < -0.39 is 5.79 Å². The van der Waals surface area contributed by atoms with Gasteiger partial charge in [0.2, 0.25) is 0 Å². The van der Waals surface area contributed by atoms with Crippen LogP contribution in [0.25, 0.3) is 0 Å². The normalized spacial score (nSPS) is 20.2. The molecule has 0 aliphatic carbocycles. The SMILES string of the molecule is CCc1cccc(NC2COC(C)(C)OC2)c1. The predicted molar refractivity (Wildman–Crippen MR) is 69.2 cm³/mol. The number of anilines is 1. The number of aryl methyl sites for hydroxylation is 1. The van der Waals surface area contributed by atoms with Gasteiger partial charge in [-0.2, -0.15) is 0 Å². The molecule has 1 aromatic carbocycles. The Kier molecular flexibility index (Phi) is 3.69. The summed E-state index contributed by atoms with van der Waals surface area (Å²) in [6.45, 7) is 7.42. The van der Waals surface area contributed by atoms with E-state index in [-0.39, 0.29) is 6.04 Å². The summed E-state index contributed by atoms with van der Waals surface area (Å²) in [5.41, 5.74) is 2.48. The van der Waals surface area contributed by atoms with Gasteiger partial charge in [0.15, 0.2) is 5.79 Å². The summed E-state index contributed by atoms with van der Waals surface area (Å²) < 4.78 is 11.2. The molecular weight excluding hydrogens is 214 g/mol. The van der Waals surface area contributed by atoms with Gasteiger partial charge in [-0.3, -0.25) is 0 Å². The third-order valence-corrected chi connectivity index (χ3v) is 2.97. The lowest BCUT2D eigenvalue weighted by molar-refractivity contribution is -0.247. The first-order valence-corrected chi connectivity index (χ1v) is 6.22. The molecule has 0 radical (unpaired) electrons. The van der Waals surface area contributed by atoms with Crippen molar-refractivity contribution in [1.82, 2.24) is 0 Å². The molecule has 1 saturated heterocycles. The van der Waals surface area contributed by atoms with Gasteiger partial charge in [-0.25, -0.2) is 0 Å². The van der Waals surface area contributed by atoms with Gasteiger partial charge in [0.25, 0.3) is 0 Å².